The van der Waals surface area contributed by atoms with Crippen molar-refractivity contribution in [2.75, 3.05) is 26.3 Å². The molecule has 2 nitrogen and oxygen atoms in total. The zero-order chi connectivity index (χ0) is 15.5. The van der Waals surface area contributed by atoms with Crippen LogP contribution in [0.4, 0.5) is 13.2 Å². The van der Waals surface area contributed by atoms with Crippen LogP contribution in [0.1, 0.15) is 46.0 Å². The molecule has 2 aliphatic rings. The molecular formula is C16H28F3NO. The van der Waals surface area contributed by atoms with Crippen molar-refractivity contribution in [3.63, 3.8) is 0 Å². The van der Waals surface area contributed by atoms with E-state index in [-0.39, 0.29) is 12.0 Å². The predicted molar refractivity (Wildman–Crippen MR) is 77.1 cm³/mol. The number of hydrogen-bond donors (Lipinski definition) is 1. The van der Waals surface area contributed by atoms with Crippen molar-refractivity contribution in [2.45, 2.75) is 52.1 Å². The summed E-state index contributed by atoms with van der Waals surface area (Å²) in [5, 5.41) is 3.53. The van der Waals surface area contributed by atoms with Gasteiger partial charge in [-0.25, -0.2) is 0 Å². The average molecular weight is 307 g/mol. The normalized spacial score (nSPS) is 32.3. The van der Waals surface area contributed by atoms with Gasteiger partial charge in [0.2, 0.25) is 0 Å². The number of alkyl halides is 3. The van der Waals surface area contributed by atoms with E-state index in [0.717, 1.165) is 31.8 Å². The van der Waals surface area contributed by atoms with Crippen LogP contribution in [-0.2, 0) is 4.74 Å². The van der Waals surface area contributed by atoms with E-state index in [2.05, 4.69) is 19.2 Å². The van der Waals surface area contributed by atoms with Gasteiger partial charge in [-0.05, 0) is 55.4 Å². The lowest BCUT2D eigenvalue weighted by Crippen LogP contribution is -2.41. The lowest BCUT2D eigenvalue weighted by molar-refractivity contribution is -0.175. The lowest BCUT2D eigenvalue weighted by Gasteiger charge is -2.38. The summed E-state index contributed by atoms with van der Waals surface area (Å²) < 4.78 is 41.3. The number of rotatable bonds is 8. The summed E-state index contributed by atoms with van der Waals surface area (Å²) in [6.07, 6.45) is 1.53. The van der Waals surface area contributed by atoms with Gasteiger partial charge in [0.15, 0.2) is 0 Å². The highest BCUT2D eigenvalue weighted by Crippen LogP contribution is 2.57. The van der Waals surface area contributed by atoms with Crippen LogP contribution in [0.3, 0.4) is 0 Å². The third-order valence-corrected chi connectivity index (χ3v) is 5.14. The third-order valence-electron chi connectivity index (χ3n) is 5.14. The van der Waals surface area contributed by atoms with Crippen LogP contribution in [0.15, 0.2) is 0 Å². The largest absolute Gasteiger partial charge is 0.411 e. The van der Waals surface area contributed by atoms with Gasteiger partial charge in [0.05, 0.1) is 0 Å². The van der Waals surface area contributed by atoms with E-state index >= 15 is 0 Å². The Hall–Kier alpha value is -0.290. The molecule has 21 heavy (non-hydrogen) atoms. The molecule has 0 aliphatic heterocycles. The summed E-state index contributed by atoms with van der Waals surface area (Å²) in [6.45, 7) is 5.37. The summed E-state index contributed by atoms with van der Waals surface area (Å²) in [4.78, 5) is 0. The second-order valence-corrected chi connectivity index (χ2v) is 7.39. The quantitative estimate of drug-likeness (QED) is 0.684. The van der Waals surface area contributed by atoms with Gasteiger partial charge in [0, 0.05) is 13.2 Å². The van der Waals surface area contributed by atoms with Crippen molar-refractivity contribution in [3.8, 4) is 0 Å². The van der Waals surface area contributed by atoms with Gasteiger partial charge in [-0.3, -0.25) is 0 Å². The van der Waals surface area contributed by atoms with E-state index in [1.54, 1.807) is 0 Å². The Morgan fingerprint density at radius 1 is 1.29 bits per heavy atom. The molecule has 2 bridgehead atoms. The van der Waals surface area contributed by atoms with Crippen LogP contribution in [0.2, 0.25) is 0 Å². The molecule has 0 aromatic rings. The molecule has 0 aromatic carbocycles. The summed E-state index contributed by atoms with van der Waals surface area (Å²) >= 11 is 0. The fourth-order valence-electron chi connectivity index (χ4n) is 4.24. The molecule has 2 aliphatic carbocycles. The first-order valence-corrected chi connectivity index (χ1v) is 8.16. The molecule has 3 atom stereocenters. The van der Waals surface area contributed by atoms with Crippen molar-refractivity contribution in [1.82, 2.24) is 5.32 Å². The van der Waals surface area contributed by atoms with E-state index in [9.17, 15) is 13.2 Å². The lowest BCUT2D eigenvalue weighted by atomic mass is 9.71. The van der Waals surface area contributed by atoms with Crippen molar-refractivity contribution >= 4 is 0 Å². The minimum Gasteiger partial charge on any atom is -0.372 e. The molecule has 0 saturated heterocycles. The summed E-state index contributed by atoms with van der Waals surface area (Å²) in [5.41, 5.74) is 0.170. The van der Waals surface area contributed by atoms with Gasteiger partial charge in [-0.2, -0.15) is 13.2 Å². The minimum absolute atomic E-state index is 0.170. The molecule has 0 radical (unpaired) electrons. The Labute approximate surface area is 125 Å². The Kier molecular flexibility index (Phi) is 5.58. The smallest absolute Gasteiger partial charge is 0.372 e. The van der Waals surface area contributed by atoms with Gasteiger partial charge >= 0.3 is 6.18 Å². The first kappa shape index (κ1) is 17.1. The fourth-order valence-corrected chi connectivity index (χ4v) is 4.24. The Morgan fingerprint density at radius 3 is 2.57 bits per heavy atom. The molecule has 3 unspecified atom stereocenters. The van der Waals surface area contributed by atoms with E-state index < -0.39 is 12.8 Å². The zero-order valence-electron chi connectivity index (χ0n) is 13.1. The maximum absolute atomic E-state index is 12.2. The van der Waals surface area contributed by atoms with Gasteiger partial charge in [0.1, 0.15) is 6.61 Å². The van der Waals surface area contributed by atoms with Crippen LogP contribution < -0.4 is 5.32 Å². The third kappa shape index (κ3) is 4.85. The molecule has 0 heterocycles. The van der Waals surface area contributed by atoms with Gasteiger partial charge < -0.3 is 10.1 Å². The van der Waals surface area contributed by atoms with Crippen molar-refractivity contribution in [3.05, 3.63) is 0 Å². The molecular weight excluding hydrogens is 279 g/mol. The highest BCUT2D eigenvalue weighted by molar-refractivity contribution is 5.01. The van der Waals surface area contributed by atoms with Crippen molar-refractivity contribution < 1.29 is 17.9 Å². The van der Waals surface area contributed by atoms with Gasteiger partial charge in [-0.1, -0.05) is 20.3 Å². The Bertz CT molecular complexity index is 332. The number of ether oxygens (including phenoxy) is 1. The van der Waals surface area contributed by atoms with Crippen LogP contribution in [0.25, 0.3) is 0 Å². The highest BCUT2D eigenvalue weighted by Gasteiger charge is 2.50. The first-order valence-electron chi connectivity index (χ1n) is 8.16. The number of hydrogen-bond acceptors (Lipinski definition) is 2. The van der Waals surface area contributed by atoms with Crippen LogP contribution in [0.5, 0.6) is 0 Å². The summed E-state index contributed by atoms with van der Waals surface area (Å²) in [6, 6.07) is 0. The van der Waals surface area contributed by atoms with E-state index in [1.807, 2.05) is 0 Å². The Balaban J connectivity index is 1.82. The highest BCUT2D eigenvalue weighted by atomic mass is 19.4. The van der Waals surface area contributed by atoms with Gasteiger partial charge in [0.25, 0.3) is 0 Å². The standard InChI is InChI=1S/C16H28F3NO/c1-12(2)9-20-10-15(5-6-21-11-16(17,18)19)8-13-3-4-14(15)7-13/h12-14,20H,3-11H2,1-2H3. The molecule has 0 aromatic heterocycles. The van der Waals surface area contributed by atoms with Crippen LogP contribution >= 0.6 is 0 Å². The van der Waals surface area contributed by atoms with Crippen molar-refractivity contribution in [1.29, 1.82) is 0 Å². The number of halogens is 3. The average Bonchev–Trinajstić information content (AvgIpc) is 2.94. The molecule has 5 heteroatoms. The van der Waals surface area contributed by atoms with Crippen LogP contribution in [0, 0.1) is 23.2 Å². The maximum atomic E-state index is 12.2. The van der Waals surface area contributed by atoms with Gasteiger partial charge in [-0.15, -0.1) is 0 Å². The summed E-state index contributed by atoms with van der Waals surface area (Å²) in [7, 11) is 0. The number of nitrogens with one attached hydrogen (secondary N) is 1. The first-order chi connectivity index (χ1) is 9.81. The summed E-state index contributed by atoms with van der Waals surface area (Å²) in [5.74, 6) is 2.07. The zero-order valence-corrected chi connectivity index (χ0v) is 13.1. The second-order valence-electron chi connectivity index (χ2n) is 7.39. The molecule has 0 spiro atoms. The second kappa shape index (κ2) is 6.86. The van der Waals surface area contributed by atoms with E-state index in [0.29, 0.717) is 11.8 Å². The SMILES string of the molecule is CC(C)CNCC1(CCOCC(F)(F)F)CC2CCC1C2. The van der Waals surface area contributed by atoms with Crippen molar-refractivity contribution in [2.24, 2.45) is 23.2 Å². The Morgan fingerprint density at radius 2 is 2.05 bits per heavy atom. The molecule has 0 amide bonds. The fraction of sp³-hybridized carbons (Fsp3) is 1.00. The molecule has 2 saturated carbocycles. The topological polar surface area (TPSA) is 21.3 Å². The molecule has 2 rings (SSSR count). The minimum atomic E-state index is -4.21. The molecule has 124 valence electrons. The monoisotopic (exact) mass is 307 g/mol. The van der Waals surface area contributed by atoms with E-state index in [1.165, 1.54) is 19.3 Å². The number of fused-ring (bicyclic) bond motifs is 2. The molecule has 2 fully saturated rings. The molecule has 1 N–H and O–H groups in total. The predicted octanol–water partition coefficient (Wildman–Crippen LogP) is 4.01. The van der Waals surface area contributed by atoms with E-state index in [4.69, 9.17) is 4.74 Å². The maximum Gasteiger partial charge on any atom is 0.411 e. The van der Waals surface area contributed by atoms with Crippen LogP contribution in [-0.4, -0.2) is 32.5 Å².